The van der Waals surface area contributed by atoms with Crippen molar-refractivity contribution in [2.75, 3.05) is 5.75 Å². The Hall–Kier alpha value is -1.22. The highest BCUT2D eigenvalue weighted by Gasteiger charge is 2.30. The number of carboxylic acid groups (broad SMARTS) is 1. The molecule has 1 atom stereocenters. The molecule has 0 radical (unpaired) electrons. The summed E-state index contributed by atoms with van der Waals surface area (Å²) in [5.74, 6) is -2.77. The van der Waals surface area contributed by atoms with Gasteiger partial charge in [0.05, 0.1) is 18.2 Å². The molecule has 0 unspecified atom stereocenters. The van der Waals surface area contributed by atoms with E-state index in [-0.39, 0.29) is 6.42 Å². The molecule has 1 heterocycles. The fourth-order valence-electron chi connectivity index (χ4n) is 1.27. The van der Waals surface area contributed by atoms with Crippen molar-refractivity contribution in [3.63, 3.8) is 0 Å². The van der Waals surface area contributed by atoms with E-state index in [4.69, 9.17) is 5.11 Å². The van der Waals surface area contributed by atoms with E-state index in [2.05, 4.69) is 5.32 Å². The van der Waals surface area contributed by atoms with Gasteiger partial charge in [-0.25, -0.2) is 0 Å². The maximum Gasteiger partial charge on any atom is 0.442 e. The highest BCUT2D eigenvalue weighted by molar-refractivity contribution is 8.00. The molecule has 2 N–H and O–H groups in total. The lowest BCUT2D eigenvalue weighted by atomic mass is 10.1. The van der Waals surface area contributed by atoms with E-state index in [1.807, 2.05) is 0 Å². The molecule has 0 aromatic carbocycles. The molecule has 0 spiro atoms. The van der Waals surface area contributed by atoms with Gasteiger partial charge in [-0.1, -0.05) is 6.07 Å². The normalized spacial score (nSPS) is 13.0. The van der Waals surface area contributed by atoms with E-state index in [1.165, 1.54) is 11.3 Å². The van der Waals surface area contributed by atoms with Crippen molar-refractivity contribution in [3.8, 4) is 0 Å². The van der Waals surface area contributed by atoms with E-state index < -0.39 is 40.9 Å². The van der Waals surface area contributed by atoms with E-state index in [1.54, 1.807) is 17.5 Å². The number of hydrogen-bond donors (Lipinski definition) is 2. The number of carbonyl (C=O) groups excluding carboxylic acids is 1. The molecule has 1 aromatic rings. The van der Waals surface area contributed by atoms with Gasteiger partial charge in [0.15, 0.2) is 0 Å². The first-order valence-corrected chi connectivity index (χ1v) is 6.89. The van der Waals surface area contributed by atoms with Gasteiger partial charge in [-0.15, -0.1) is 11.3 Å². The number of aliphatic carboxylic acids is 1. The summed E-state index contributed by atoms with van der Waals surface area (Å²) in [6.07, 6.45) is -0.372. The number of carboxylic acids is 1. The number of amides is 1. The Morgan fingerprint density at radius 1 is 1.47 bits per heavy atom. The van der Waals surface area contributed by atoms with E-state index in [9.17, 15) is 22.8 Å². The third kappa shape index (κ3) is 6.48. The Balaban J connectivity index is 2.58. The molecule has 0 saturated heterocycles. The van der Waals surface area contributed by atoms with Crippen LogP contribution in [-0.2, 0) is 9.59 Å². The van der Waals surface area contributed by atoms with Crippen LogP contribution in [0, 0.1) is 0 Å². The summed E-state index contributed by atoms with van der Waals surface area (Å²) in [7, 11) is 0. The summed E-state index contributed by atoms with van der Waals surface area (Å²) in [5, 5.41) is 12.7. The lowest BCUT2D eigenvalue weighted by Gasteiger charge is -2.15. The van der Waals surface area contributed by atoms with Gasteiger partial charge in [0.25, 0.3) is 0 Å². The second-order valence-corrected chi connectivity index (χ2v) is 5.49. The molecule has 0 aliphatic rings. The molecule has 1 aromatic heterocycles. The minimum Gasteiger partial charge on any atom is -0.481 e. The van der Waals surface area contributed by atoms with Crippen LogP contribution in [0.2, 0.25) is 0 Å². The summed E-state index contributed by atoms with van der Waals surface area (Å²) in [6, 6.07) is 2.49. The molecule has 0 bridgehead atoms. The number of carbonyl (C=O) groups is 2. The van der Waals surface area contributed by atoms with Gasteiger partial charge in [0.1, 0.15) is 0 Å². The fraction of sp³-hybridized carbons (Fsp3) is 0.400. The Kier molecular flexibility index (Phi) is 5.67. The van der Waals surface area contributed by atoms with Gasteiger partial charge in [-0.2, -0.15) is 13.2 Å². The molecular weight excluding hydrogens is 303 g/mol. The second kappa shape index (κ2) is 6.80. The topological polar surface area (TPSA) is 66.4 Å². The predicted molar refractivity (Wildman–Crippen MR) is 66.0 cm³/mol. The molecule has 0 saturated carbocycles. The quantitative estimate of drug-likeness (QED) is 0.847. The Morgan fingerprint density at radius 3 is 2.63 bits per heavy atom. The molecule has 19 heavy (non-hydrogen) atoms. The van der Waals surface area contributed by atoms with Crippen molar-refractivity contribution in [3.05, 3.63) is 22.4 Å². The summed E-state index contributed by atoms with van der Waals surface area (Å²) in [4.78, 5) is 22.6. The number of alkyl halides is 3. The summed E-state index contributed by atoms with van der Waals surface area (Å²) in [5.41, 5.74) is -4.48. The van der Waals surface area contributed by atoms with Gasteiger partial charge in [0.2, 0.25) is 5.91 Å². The predicted octanol–water partition coefficient (Wildman–Crippen LogP) is 2.63. The first-order valence-electron chi connectivity index (χ1n) is 5.03. The zero-order valence-corrected chi connectivity index (χ0v) is 11.1. The van der Waals surface area contributed by atoms with Gasteiger partial charge in [-0.3, -0.25) is 9.59 Å². The number of thioether (sulfide) groups is 1. The molecule has 1 amide bonds. The average molecular weight is 313 g/mol. The van der Waals surface area contributed by atoms with Crippen LogP contribution in [0.5, 0.6) is 0 Å². The number of rotatable bonds is 6. The monoisotopic (exact) mass is 313 g/mol. The number of halogens is 3. The van der Waals surface area contributed by atoms with Crippen molar-refractivity contribution >= 4 is 35.0 Å². The highest BCUT2D eigenvalue weighted by atomic mass is 32.2. The lowest BCUT2D eigenvalue weighted by molar-refractivity contribution is -0.137. The average Bonchev–Trinajstić information content (AvgIpc) is 2.77. The summed E-state index contributed by atoms with van der Waals surface area (Å²) < 4.78 is 35.8. The summed E-state index contributed by atoms with van der Waals surface area (Å²) >= 11 is 0.775. The van der Waals surface area contributed by atoms with Crippen LogP contribution in [-0.4, -0.2) is 28.2 Å². The lowest BCUT2D eigenvalue weighted by Crippen LogP contribution is -2.31. The van der Waals surface area contributed by atoms with Crippen molar-refractivity contribution in [2.24, 2.45) is 0 Å². The van der Waals surface area contributed by atoms with Crippen molar-refractivity contribution in [1.29, 1.82) is 0 Å². The van der Waals surface area contributed by atoms with E-state index >= 15 is 0 Å². The van der Waals surface area contributed by atoms with E-state index in [0.29, 0.717) is 4.88 Å². The number of hydrogen-bond acceptors (Lipinski definition) is 4. The molecular formula is C10H10F3NO3S2. The minimum atomic E-state index is -4.48. The molecule has 9 heteroatoms. The number of nitrogens with one attached hydrogen (secondary N) is 1. The Bertz CT molecular complexity index is 434. The third-order valence-corrected chi connectivity index (χ3v) is 3.69. The molecule has 4 nitrogen and oxygen atoms in total. The fourth-order valence-corrected chi connectivity index (χ4v) is 2.43. The first-order chi connectivity index (χ1) is 8.78. The Labute approximate surface area is 115 Å². The van der Waals surface area contributed by atoms with Crippen molar-refractivity contribution < 1.29 is 27.9 Å². The Morgan fingerprint density at radius 2 is 2.16 bits per heavy atom. The van der Waals surface area contributed by atoms with Gasteiger partial charge in [-0.05, 0) is 23.2 Å². The minimum absolute atomic E-state index is 0.372. The standard InChI is InChI=1S/C10H10F3NO3S2/c11-10(12,13)19-5-8(15)14-6(4-9(16)17)7-2-1-3-18-7/h1-3,6H,4-5H2,(H,14,15)(H,16,17)/t6-/m1/s1. The van der Waals surface area contributed by atoms with Gasteiger partial charge < -0.3 is 10.4 Å². The van der Waals surface area contributed by atoms with Gasteiger partial charge >= 0.3 is 11.5 Å². The van der Waals surface area contributed by atoms with Crippen molar-refractivity contribution in [2.45, 2.75) is 18.0 Å². The van der Waals surface area contributed by atoms with Crippen LogP contribution < -0.4 is 5.32 Å². The zero-order chi connectivity index (χ0) is 14.5. The smallest absolute Gasteiger partial charge is 0.442 e. The summed E-state index contributed by atoms with van der Waals surface area (Å²) in [6.45, 7) is 0. The molecule has 0 aliphatic heterocycles. The van der Waals surface area contributed by atoms with Gasteiger partial charge in [0, 0.05) is 4.88 Å². The SMILES string of the molecule is O=C(O)C[C@@H](NC(=O)CSC(F)(F)F)c1cccs1. The van der Waals surface area contributed by atoms with E-state index in [0.717, 1.165) is 0 Å². The van der Waals surface area contributed by atoms with Crippen LogP contribution >= 0.6 is 23.1 Å². The van der Waals surface area contributed by atoms with Crippen LogP contribution in [0.1, 0.15) is 17.3 Å². The third-order valence-electron chi connectivity index (χ3n) is 1.97. The largest absolute Gasteiger partial charge is 0.481 e. The van der Waals surface area contributed by atoms with Crippen LogP contribution in [0.15, 0.2) is 17.5 Å². The highest BCUT2D eigenvalue weighted by Crippen LogP contribution is 2.30. The zero-order valence-electron chi connectivity index (χ0n) is 9.44. The maximum atomic E-state index is 11.9. The maximum absolute atomic E-state index is 11.9. The van der Waals surface area contributed by atoms with Crippen LogP contribution in [0.3, 0.4) is 0 Å². The number of thiophene rings is 1. The second-order valence-electron chi connectivity index (χ2n) is 3.47. The molecule has 0 aliphatic carbocycles. The first kappa shape index (κ1) is 15.8. The van der Waals surface area contributed by atoms with Crippen molar-refractivity contribution in [1.82, 2.24) is 5.32 Å². The van der Waals surface area contributed by atoms with Crippen LogP contribution in [0.25, 0.3) is 0 Å². The molecule has 106 valence electrons. The molecule has 0 fully saturated rings. The molecule has 1 rings (SSSR count). The van der Waals surface area contributed by atoms with Crippen LogP contribution in [0.4, 0.5) is 13.2 Å².